The summed E-state index contributed by atoms with van der Waals surface area (Å²) in [6.45, 7) is 1.02. The van der Waals surface area contributed by atoms with Crippen LogP contribution in [0.3, 0.4) is 0 Å². The lowest BCUT2D eigenvalue weighted by atomic mass is 10.2. The van der Waals surface area contributed by atoms with Gasteiger partial charge in [-0.2, -0.15) is 0 Å². The Hall–Kier alpha value is -3.15. The topological polar surface area (TPSA) is 66.9 Å². The Kier molecular flexibility index (Phi) is 4.62. The minimum atomic E-state index is -0.546. The van der Waals surface area contributed by atoms with Crippen LogP contribution in [0.4, 0.5) is 11.4 Å². The minimum Gasteiger partial charge on any atom is -0.452 e. The van der Waals surface area contributed by atoms with E-state index in [4.69, 9.17) is 4.74 Å². The summed E-state index contributed by atoms with van der Waals surface area (Å²) in [6.07, 6.45) is 2.22. The van der Waals surface area contributed by atoms with Crippen LogP contribution >= 0.6 is 0 Å². The van der Waals surface area contributed by atoms with Gasteiger partial charge in [-0.1, -0.05) is 18.2 Å². The molecule has 0 N–H and O–H groups in total. The van der Waals surface area contributed by atoms with Crippen molar-refractivity contribution < 1.29 is 19.1 Å². The molecule has 2 aliphatic heterocycles. The summed E-state index contributed by atoms with van der Waals surface area (Å²) in [5.74, 6) is -0.676. The number of hydrogen-bond donors (Lipinski definition) is 0. The molecule has 2 heterocycles. The van der Waals surface area contributed by atoms with Gasteiger partial charge >= 0.3 is 5.97 Å². The zero-order valence-electron chi connectivity index (χ0n) is 14.9. The molecule has 138 valence electrons. The van der Waals surface area contributed by atoms with Gasteiger partial charge in [-0.25, -0.2) is 4.79 Å². The van der Waals surface area contributed by atoms with Gasteiger partial charge in [-0.15, -0.1) is 0 Å². The van der Waals surface area contributed by atoms with Crippen LogP contribution in [0.2, 0.25) is 0 Å². The quantitative estimate of drug-likeness (QED) is 0.782. The molecule has 0 aromatic heterocycles. The summed E-state index contributed by atoms with van der Waals surface area (Å²) in [5.41, 5.74) is 3.15. The second-order valence-corrected chi connectivity index (χ2v) is 6.70. The number of carbonyl (C=O) groups excluding carboxylic acids is 3. The van der Waals surface area contributed by atoms with Crippen molar-refractivity contribution in [2.24, 2.45) is 0 Å². The molecule has 0 aliphatic carbocycles. The van der Waals surface area contributed by atoms with Gasteiger partial charge in [0, 0.05) is 30.9 Å². The second-order valence-electron chi connectivity index (χ2n) is 6.70. The Balaban J connectivity index is 1.35. The van der Waals surface area contributed by atoms with Crippen molar-refractivity contribution in [3.63, 3.8) is 0 Å². The van der Waals surface area contributed by atoms with Crippen molar-refractivity contribution in [3.8, 4) is 0 Å². The highest BCUT2D eigenvalue weighted by atomic mass is 16.5. The third-order valence-corrected chi connectivity index (χ3v) is 5.00. The zero-order chi connectivity index (χ0) is 18.8. The summed E-state index contributed by atoms with van der Waals surface area (Å²) in [4.78, 5) is 39.8. The average Bonchev–Trinajstić information content (AvgIpc) is 3.32. The number of para-hydroxylation sites is 1. The van der Waals surface area contributed by atoms with Crippen molar-refractivity contribution in [1.82, 2.24) is 0 Å². The molecule has 0 unspecified atom stereocenters. The van der Waals surface area contributed by atoms with E-state index in [0.29, 0.717) is 25.1 Å². The van der Waals surface area contributed by atoms with E-state index in [1.165, 1.54) is 0 Å². The van der Waals surface area contributed by atoms with Gasteiger partial charge in [0.1, 0.15) is 0 Å². The van der Waals surface area contributed by atoms with Crippen LogP contribution in [-0.4, -0.2) is 37.5 Å². The second kappa shape index (κ2) is 7.23. The fourth-order valence-electron chi connectivity index (χ4n) is 3.58. The maximum absolute atomic E-state index is 12.4. The van der Waals surface area contributed by atoms with E-state index in [1.807, 2.05) is 24.3 Å². The van der Waals surface area contributed by atoms with Crippen LogP contribution in [0.25, 0.3) is 0 Å². The highest BCUT2D eigenvalue weighted by Crippen LogP contribution is 2.27. The Labute approximate surface area is 157 Å². The number of hydrogen-bond acceptors (Lipinski definition) is 4. The van der Waals surface area contributed by atoms with Crippen LogP contribution in [0.1, 0.15) is 28.8 Å². The predicted octanol–water partition coefficient (Wildman–Crippen LogP) is 2.56. The smallest absolute Gasteiger partial charge is 0.338 e. The molecule has 6 nitrogen and oxygen atoms in total. The highest BCUT2D eigenvalue weighted by Gasteiger charge is 2.25. The van der Waals surface area contributed by atoms with Gasteiger partial charge in [-0.3, -0.25) is 9.59 Å². The largest absolute Gasteiger partial charge is 0.452 e. The van der Waals surface area contributed by atoms with Crippen molar-refractivity contribution in [3.05, 3.63) is 59.7 Å². The van der Waals surface area contributed by atoms with Crippen LogP contribution in [0.5, 0.6) is 0 Å². The van der Waals surface area contributed by atoms with Crippen molar-refractivity contribution in [1.29, 1.82) is 0 Å². The minimum absolute atomic E-state index is 0.0989. The third kappa shape index (κ3) is 3.43. The standard InChI is InChI=1S/C21H20N2O4/c24-19-6-3-12-22(19)17-9-7-16(8-10-17)21(26)27-14-20(25)23-13-11-15-4-1-2-5-18(15)23/h1-2,4-5,7-10H,3,6,11-14H2. The van der Waals surface area contributed by atoms with Crippen LogP contribution in [0.15, 0.2) is 48.5 Å². The summed E-state index contributed by atoms with van der Waals surface area (Å²) in [7, 11) is 0. The number of benzene rings is 2. The third-order valence-electron chi connectivity index (χ3n) is 5.00. The molecular weight excluding hydrogens is 344 g/mol. The molecule has 4 rings (SSSR count). The van der Waals surface area contributed by atoms with E-state index in [-0.39, 0.29) is 18.4 Å². The summed E-state index contributed by atoms with van der Waals surface area (Å²) < 4.78 is 5.19. The van der Waals surface area contributed by atoms with Crippen molar-refractivity contribution in [2.75, 3.05) is 29.5 Å². The normalized spacial score (nSPS) is 15.8. The molecule has 0 radical (unpaired) electrons. The number of nitrogens with zero attached hydrogens (tertiary/aromatic N) is 2. The first-order valence-electron chi connectivity index (χ1n) is 9.09. The molecule has 0 saturated carbocycles. The van der Waals surface area contributed by atoms with Crippen LogP contribution < -0.4 is 9.80 Å². The first-order valence-corrected chi connectivity index (χ1v) is 9.09. The monoisotopic (exact) mass is 364 g/mol. The van der Waals surface area contributed by atoms with E-state index in [9.17, 15) is 14.4 Å². The summed E-state index contributed by atoms with van der Waals surface area (Å²) in [5, 5.41) is 0. The molecule has 0 spiro atoms. The molecule has 0 atom stereocenters. The Morgan fingerprint density at radius 2 is 1.74 bits per heavy atom. The molecule has 1 fully saturated rings. The zero-order valence-corrected chi connectivity index (χ0v) is 14.9. The number of esters is 1. The first-order chi connectivity index (χ1) is 13.1. The average molecular weight is 364 g/mol. The number of ether oxygens (including phenoxy) is 1. The molecule has 27 heavy (non-hydrogen) atoms. The molecule has 2 aromatic carbocycles. The fourth-order valence-corrected chi connectivity index (χ4v) is 3.58. The number of fused-ring (bicyclic) bond motifs is 1. The molecular formula is C21H20N2O4. The van der Waals surface area contributed by atoms with E-state index in [0.717, 1.165) is 29.8 Å². The Morgan fingerprint density at radius 1 is 0.963 bits per heavy atom. The van der Waals surface area contributed by atoms with Crippen LogP contribution in [-0.2, 0) is 20.7 Å². The summed E-state index contributed by atoms with van der Waals surface area (Å²) in [6, 6.07) is 14.5. The number of rotatable bonds is 4. The molecule has 1 saturated heterocycles. The first kappa shape index (κ1) is 17.3. The maximum Gasteiger partial charge on any atom is 0.338 e. The molecule has 2 amide bonds. The van der Waals surface area contributed by atoms with E-state index >= 15 is 0 Å². The fraction of sp³-hybridized carbons (Fsp3) is 0.286. The lowest BCUT2D eigenvalue weighted by Gasteiger charge is -2.17. The van der Waals surface area contributed by atoms with Gasteiger partial charge < -0.3 is 14.5 Å². The predicted molar refractivity (Wildman–Crippen MR) is 101 cm³/mol. The molecule has 6 heteroatoms. The molecule has 0 bridgehead atoms. The maximum atomic E-state index is 12.4. The summed E-state index contributed by atoms with van der Waals surface area (Å²) >= 11 is 0. The lowest BCUT2D eigenvalue weighted by Crippen LogP contribution is -2.33. The van der Waals surface area contributed by atoms with Crippen LogP contribution in [0, 0.1) is 0 Å². The SMILES string of the molecule is O=C(OCC(=O)N1CCc2ccccc21)c1ccc(N2CCCC2=O)cc1. The van der Waals surface area contributed by atoms with Crippen molar-refractivity contribution >= 4 is 29.2 Å². The van der Waals surface area contributed by atoms with E-state index < -0.39 is 5.97 Å². The van der Waals surface area contributed by atoms with Gasteiger partial charge in [0.25, 0.3) is 5.91 Å². The van der Waals surface area contributed by atoms with Gasteiger partial charge in [0.05, 0.1) is 5.56 Å². The Bertz CT molecular complexity index is 891. The lowest BCUT2D eigenvalue weighted by molar-refractivity contribution is -0.121. The van der Waals surface area contributed by atoms with Crippen molar-refractivity contribution in [2.45, 2.75) is 19.3 Å². The number of amides is 2. The van der Waals surface area contributed by atoms with Gasteiger partial charge in [-0.05, 0) is 48.7 Å². The van der Waals surface area contributed by atoms with Gasteiger partial charge in [0.15, 0.2) is 6.61 Å². The highest BCUT2D eigenvalue weighted by molar-refractivity contribution is 5.99. The van der Waals surface area contributed by atoms with Gasteiger partial charge in [0.2, 0.25) is 5.91 Å². The number of carbonyl (C=O) groups is 3. The van der Waals surface area contributed by atoms with E-state index in [2.05, 4.69) is 0 Å². The van der Waals surface area contributed by atoms with E-state index in [1.54, 1.807) is 34.1 Å². The molecule has 2 aliphatic rings. The molecule has 2 aromatic rings. The number of anilines is 2. The Morgan fingerprint density at radius 3 is 2.48 bits per heavy atom.